The second-order valence-corrected chi connectivity index (χ2v) is 3.64. The number of rotatable bonds is 3. The van der Waals surface area contributed by atoms with Gasteiger partial charge < -0.3 is 10.4 Å². The number of aliphatic hydroxyl groups is 1. The second-order valence-electron chi connectivity index (χ2n) is 3.64. The first kappa shape index (κ1) is 13.2. The van der Waals surface area contributed by atoms with E-state index in [9.17, 15) is 4.79 Å². The van der Waals surface area contributed by atoms with E-state index in [4.69, 9.17) is 5.11 Å². The molecule has 0 aliphatic carbocycles. The Balaban J connectivity index is 2.93. The van der Waals surface area contributed by atoms with Gasteiger partial charge in [-0.1, -0.05) is 18.8 Å². The molecule has 0 aliphatic heterocycles. The molecule has 4 nitrogen and oxygen atoms in total. The van der Waals surface area contributed by atoms with Crippen molar-refractivity contribution >= 4 is 5.91 Å². The fourth-order valence-corrected chi connectivity index (χ4v) is 1.22. The van der Waals surface area contributed by atoms with E-state index in [2.05, 4.69) is 22.1 Å². The van der Waals surface area contributed by atoms with Crippen LogP contribution >= 0.6 is 0 Å². The number of carbonyl (C=O) groups is 1. The van der Waals surface area contributed by atoms with E-state index >= 15 is 0 Å². The predicted molar refractivity (Wildman–Crippen MR) is 65.4 cm³/mol. The smallest absolute Gasteiger partial charge is 0.271 e. The van der Waals surface area contributed by atoms with Gasteiger partial charge in [-0.15, -0.1) is 0 Å². The van der Waals surface area contributed by atoms with E-state index in [-0.39, 0.29) is 18.6 Å². The van der Waals surface area contributed by atoms with E-state index in [0.29, 0.717) is 11.3 Å². The largest absolute Gasteiger partial charge is 0.384 e. The summed E-state index contributed by atoms with van der Waals surface area (Å²) in [7, 11) is 0. The van der Waals surface area contributed by atoms with Crippen LogP contribution in [0.3, 0.4) is 0 Å². The molecule has 17 heavy (non-hydrogen) atoms. The van der Waals surface area contributed by atoms with Gasteiger partial charge in [0.05, 0.1) is 5.56 Å². The molecule has 1 aromatic rings. The Morgan fingerprint density at radius 1 is 1.65 bits per heavy atom. The number of aromatic nitrogens is 1. The summed E-state index contributed by atoms with van der Waals surface area (Å²) in [6.07, 6.45) is 2.41. The van der Waals surface area contributed by atoms with Gasteiger partial charge in [0.15, 0.2) is 0 Å². The number of carbonyl (C=O) groups excluding carboxylic acids is 1. The minimum absolute atomic E-state index is 0.100. The Hall–Kier alpha value is -1.86. The third kappa shape index (κ3) is 3.89. The molecule has 0 fully saturated rings. The van der Waals surface area contributed by atoms with Crippen molar-refractivity contribution in [3.05, 3.63) is 29.6 Å². The van der Waals surface area contributed by atoms with Crippen LogP contribution in [0.5, 0.6) is 0 Å². The van der Waals surface area contributed by atoms with Gasteiger partial charge in [-0.25, -0.2) is 4.98 Å². The molecule has 0 bridgehead atoms. The van der Waals surface area contributed by atoms with Gasteiger partial charge >= 0.3 is 0 Å². The first-order chi connectivity index (χ1) is 8.19. The molecule has 0 aromatic carbocycles. The average Bonchev–Trinajstić information content (AvgIpc) is 2.36. The van der Waals surface area contributed by atoms with Gasteiger partial charge in [0, 0.05) is 12.2 Å². The highest BCUT2D eigenvalue weighted by Gasteiger charge is 2.12. The van der Waals surface area contributed by atoms with Crippen LogP contribution < -0.4 is 5.32 Å². The fourth-order valence-electron chi connectivity index (χ4n) is 1.22. The van der Waals surface area contributed by atoms with Crippen molar-refractivity contribution in [1.82, 2.24) is 10.3 Å². The number of hydrogen-bond acceptors (Lipinski definition) is 3. The van der Waals surface area contributed by atoms with Crippen molar-refractivity contribution in [2.24, 2.45) is 0 Å². The molecule has 0 saturated heterocycles. The van der Waals surface area contributed by atoms with Crippen LogP contribution in [0.15, 0.2) is 18.3 Å². The van der Waals surface area contributed by atoms with E-state index in [1.807, 2.05) is 13.8 Å². The third-order valence-corrected chi connectivity index (χ3v) is 2.31. The molecular formula is C13H16N2O2. The molecular weight excluding hydrogens is 216 g/mol. The summed E-state index contributed by atoms with van der Waals surface area (Å²) in [5.41, 5.74) is 0.830. The molecule has 0 spiro atoms. The molecule has 1 atom stereocenters. The molecule has 2 N–H and O–H groups in total. The summed E-state index contributed by atoms with van der Waals surface area (Å²) in [5, 5.41) is 11.5. The lowest BCUT2D eigenvalue weighted by molar-refractivity contribution is 0.0934. The lowest BCUT2D eigenvalue weighted by Gasteiger charge is -2.11. The third-order valence-electron chi connectivity index (χ3n) is 2.31. The van der Waals surface area contributed by atoms with Crippen LogP contribution in [0.4, 0.5) is 0 Å². The molecule has 0 aliphatic rings. The zero-order valence-electron chi connectivity index (χ0n) is 10.0. The Kier molecular flexibility index (Phi) is 5.18. The Bertz CT molecular complexity index is 446. The van der Waals surface area contributed by atoms with Crippen LogP contribution in [0.2, 0.25) is 0 Å². The highest BCUT2D eigenvalue weighted by Crippen LogP contribution is 2.04. The lowest BCUT2D eigenvalue weighted by Crippen LogP contribution is -2.33. The van der Waals surface area contributed by atoms with Gasteiger partial charge in [-0.3, -0.25) is 4.79 Å². The standard InChI is InChI=1S/C13H16N2O2/c1-3-10(2)15-13(17)12-11(7-5-9-16)6-4-8-14-12/h4,6,8,10,16H,3,9H2,1-2H3,(H,15,17). The van der Waals surface area contributed by atoms with Crippen molar-refractivity contribution in [2.75, 3.05) is 6.61 Å². The van der Waals surface area contributed by atoms with Gasteiger partial charge in [-0.05, 0) is 25.5 Å². The van der Waals surface area contributed by atoms with Crippen LogP contribution in [0, 0.1) is 11.8 Å². The lowest BCUT2D eigenvalue weighted by atomic mass is 10.1. The van der Waals surface area contributed by atoms with Gasteiger partial charge in [-0.2, -0.15) is 0 Å². The summed E-state index contributed by atoms with van der Waals surface area (Å²) in [6.45, 7) is 3.69. The minimum atomic E-state index is -0.235. The normalized spacial score (nSPS) is 11.2. The van der Waals surface area contributed by atoms with E-state index in [0.717, 1.165) is 6.42 Å². The zero-order chi connectivity index (χ0) is 12.7. The number of aliphatic hydroxyl groups excluding tert-OH is 1. The van der Waals surface area contributed by atoms with Gasteiger partial charge in [0.25, 0.3) is 5.91 Å². The Morgan fingerprint density at radius 2 is 2.41 bits per heavy atom. The fraction of sp³-hybridized carbons (Fsp3) is 0.385. The van der Waals surface area contributed by atoms with Crippen molar-refractivity contribution in [3.63, 3.8) is 0 Å². The van der Waals surface area contributed by atoms with Crippen molar-refractivity contribution < 1.29 is 9.90 Å². The summed E-state index contributed by atoms with van der Waals surface area (Å²) in [5.74, 6) is 4.99. The first-order valence-electron chi connectivity index (χ1n) is 5.54. The first-order valence-corrected chi connectivity index (χ1v) is 5.54. The number of nitrogens with zero attached hydrogens (tertiary/aromatic N) is 1. The van der Waals surface area contributed by atoms with Crippen LogP contribution in [-0.2, 0) is 0 Å². The molecule has 1 heterocycles. The summed E-state index contributed by atoms with van der Waals surface area (Å²) >= 11 is 0. The number of hydrogen-bond donors (Lipinski definition) is 2. The predicted octanol–water partition coefficient (Wildman–Crippen LogP) is 0.954. The van der Waals surface area contributed by atoms with Crippen molar-refractivity contribution in [1.29, 1.82) is 0 Å². The molecule has 90 valence electrons. The summed E-state index contributed by atoms with van der Waals surface area (Å²) < 4.78 is 0. The van der Waals surface area contributed by atoms with E-state index in [1.165, 1.54) is 0 Å². The van der Waals surface area contributed by atoms with Crippen molar-refractivity contribution in [2.45, 2.75) is 26.3 Å². The highest BCUT2D eigenvalue weighted by atomic mass is 16.2. The average molecular weight is 232 g/mol. The maximum atomic E-state index is 11.9. The maximum absolute atomic E-state index is 11.9. The molecule has 1 rings (SSSR count). The van der Waals surface area contributed by atoms with Crippen molar-refractivity contribution in [3.8, 4) is 11.8 Å². The topological polar surface area (TPSA) is 62.2 Å². The number of amides is 1. The highest BCUT2D eigenvalue weighted by molar-refractivity contribution is 5.94. The Morgan fingerprint density at radius 3 is 3.06 bits per heavy atom. The van der Waals surface area contributed by atoms with E-state index in [1.54, 1.807) is 18.3 Å². The maximum Gasteiger partial charge on any atom is 0.271 e. The van der Waals surface area contributed by atoms with Crippen LogP contribution in [0.25, 0.3) is 0 Å². The summed E-state index contributed by atoms with van der Waals surface area (Å²) in [4.78, 5) is 15.9. The zero-order valence-corrected chi connectivity index (χ0v) is 10.0. The minimum Gasteiger partial charge on any atom is -0.384 e. The molecule has 1 aromatic heterocycles. The Labute approximate surface area is 101 Å². The quantitative estimate of drug-likeness (QED) is 0.763. The van der Waals surface area contributed by atoms with Crippen LogP contribution in [0.1, 0.15) is 36.3 Å². The number of nitrogens with one attached hydrogen (secondary N) is 1. The second kappa shape index (κ2) is 6.66. The summed E-state index contributed by atoms with van der Waals surface area (Å²) in [6, 6.07) is 3.52. The molecule has 0 saturated carbocycles. The monoisotopic (exact) mass is 232 g/mol. The van der Waals surface area contributed by atoms with Gasteiger partial charge in [0.2, 0.25) is 0 Å². The van der Waals surface area contributed by atoms with Gasteiger partial charge in [0.1, 0.15) is 12.3 Å². The van der Waals surface area contributed by atoms with Crippen LogP contribution in [-0.4, -0.2) is 28.6 Å². The van der Waals surface area contributed by atoms with E-state index < -0.39 is 0 Å². The molecule has 1 amide bonds. The number of pyridine rings is 1. The molecule has 1 unspecified atom stereocenters. The molecule has 4 heteroatoms. The SMILES string of the molecule is CCC(C)NC(=O)c1ncccc1C#CCO. The molecule has 0 radical (unpaired) electrons.